The van der Waals surface area contributed by atoms with Gasteiger partial charge in [-0.05, 0) is 29.8 Å². The molecule has 1 aliphatic heterocycles. The molecule has 1 atom stereocenters. The maximum Gasteiger partial charge on any atom is 0.137 e. The summed E-state index contributed by atoms with van der Waals surface area (Å²) in [6.45, 7) is 5.31. The summed E-state index contributed by atoms with van der Waals surface area (Å²) in [5.74, 6) is -0.653. The first-order valence-corrected chi connectivity index (χ1v) is 7.31. The SMILES string of the molecule is C[NH+]1CC[NH+](C[C@H](O)COc2ccc(C(=O)[O-])cc2)CC1. The number of nitrogens with one attached hydrogen (secondary N) is 2. The highest BCUT2D eigenvalue weighted by atomic mass is 16.5. The third-order valence-corrected chi connectivity index (χ3v) is 3.87. The summed E-state index contributed by atoms with van der Waals surface area (Å²) >= 11 is 0. The molecule has 0 bridgehead atoms. The third kappa shape index (κ3) is 5.00. The molecule has 1 aliphatic rings. The molecule has 0 radical (unpaired) electrons. The number of quaternary nitrogens is 2. The Labute approximate surface area is 124 Å². The van der Waals surface area contributed by atoms with E-state index in [2.05, 4.69) is 7.05 Å². The Hall–Kier alpha value is -1.63. The average molecular weight is 295 g/mol. The van der Waals surface area contributed by atoms with Crippen molar-refractivity contribution in [3.63, 3.8) is 0 Å². The van der Waals surface area contributed by atoms with Gasteiger partial charge in [-0.25, -0.2) is 0 Å². The van der Waals surface area contributed by atoms with E-state index in [0.717, 1.165) is 26.2 Å². The van der Waals surface area contributed by atoms with Crippen LogP contribution in [0, 0.1) is 0 Å². The molecule has 6 heteroatoms. The Morgan fingerprint density at radius 1 is 1.29 bits per heavy atom. The number of rotatable bonds is 6. The van der Waals surface area contributed by atoms with E-state index >= 15 is 0 Å². The van der Waals surface area contributed by atoms with Gasteiger partial charge in [0.15, 0.2) is 0 Å². The lowest BCUT2D eigenvalue weighted by Crippen LogP contribution is -3.27. The van der Waals surface area contributed by atoms with Gasteiger partial charge in [-0.15, -0.1) is 0 Å². The molecule has 1 aromatic rings. The highest BCUT2D eigenvalue weighted by Gasteiger charge is 2.22. The van der Waals surface area contributed by atoms with E-state index in [1.807, 2.05) is 0 Å². The minimum absolute atomic E-state index is 0.118. The molecule has 2 rings (SSSR count). The van der Waals surface area contributed by atoms with Crippen LogP contribution in [0.4, 0.5) is 0 Å². The summed E-state index contributed by atoms with van der Waals surface area (Å²) < 4.78 is 5.48. The average Bonchev–Trinajstić information content (AvgIpc) is 2.48. The van der Waals surface area contributed by atoms with Crippen molar-refractivity contribution < 1.29 is 29.5 Å². The van der Waals surface area contributed by atoms with Crippen LogP contribution in [0.25, 0.3) is 0 Å². The summed E-state index contributed by atoms with van der Waals surface area (Å²) in [5, 5.41) is 20.6. The van der Waals surface area contributed by atoms with E-state index in [1.54, 1.807) is 12.1 Å². The molecular formula is C15H23N2O4+. The summed E-state index contributed by atoms with van der Waals surface area (Å²) in [7, 11) is 2.19. The van der Waals surface area contributed by atoms with Crippen molar-refractivity contribution in [2.45, 2.75) is 6.10 Å². The van der Waals surface area contributed by atoms with Crippen molar-refractivity contribution in [2.24, 2.45) is 0 Å². The molecule has 1 heterocycles. The first-order valence-electron chi connectivity index (χ1n) is 7.31. The molecule has 116 valence electrons. The van der Waals surface area contributed by atoms with E-state index in [9.17, 15) is 15.0 Å². The van der Waals surface area contributed by atoms with Gasteiger partial charge in [0.2, 0.25) is 0 Å². The van der Waals surface area contributed by atoms with Gasteiger partial charge in [0.05, 0.1) is 13.0 Å². The normalized spacial score (nSPS) is 23.5. The molecule has 0 spiro atoms. The molecule has 0 amide bonds. The second kappa shape index (κ2) is 7.40. The van der Waals surface area contributed by atoms with Gasteiger partial charge in [0.25, 0.3) is 0 Å². The zero-order valence-corrected chi connectivity index (χ0v) is 12.3. The van der Waals surface area contributed by atoms with E-state index in [0.29, 0.717) is 12.3 Å². The van der Waals surface area contributed by atoms with Gasteiger partial charge < -0.3 is 29.5 Å². The van der Waals surface area contributed by atoms with Crippen LogP contribution >= 0.6 is 0 Å². The number of aliphatic hydroxyl groups excluding tert-OH is 1. The second-order valence-corrected chi connectivity index (χ2v) is 5.69. The molecule has 0 unspecified atom stereocenters. The molecular weight excluding hydrogens is 272 g/mol. The van der Waals surface area contributed by atoms with E-state index < -0.39 is 12.1 Å². The number of piperazine rings is 1. The number of ether oxygens (including phenoxy) is 1. The molecule has 0 aromatic heterocycles. The van der Waals surface area contributed by atoms with Crippen molar-refractivity contribution in [3.8, 4) is 5.75 Å². The lowest BCUT2D eigenvalue weighted by Gasteiger charge is -2.28. The topological polar surface area (TPSA) is 78.5 Å². The third-order valence-electron chi connectivity index (χ3n) is 3.87. The molecule has 1 aromatic carbocycles. The number of likely N-dealkylation sites (N-methyl/N-ethyl adjacent to an activating group) is 1. The van der Waals surface area contributed by atoms with Crippen LogP contribution in [-0.4, -0.2) is 63.6 Å². The maximum absolute atomic E-state index is 10.6. The minimum atomic E-state index is -1.21. The van der Waals surface area contributed by atoms with Gasteiger partial charge >= 0.3 is 0 Å². The van der Waals surface area contributed by atoms with Crippen molar-refractivity contribution in [2.75, 3.05) is 46.4 Å². The Morgan fingerprint density at radius 2 is 1.90 bits per heavy atom. The van der Waals surface area contributed by atoms with Gasteiger partial charge in [-0.3, -0.25) is 0 Å². The Kier molecular flexibility index (Phi) is 5.55. The lowest BCUT2D eigenvalue weighted by molar-refractivity contribution is -1.00. The highest BCUT2D eigenvalue weighted by molar-refractivity contribution is 5.85. The van der Waals surface area contributed by atoms with Gasteiger partial charge in [0.1, 0.15) is 51.2 Å². The smallest absolute Gasteiger partial charge is 0.137 e. The maximum atomic E-state index is 10.6. The number of aliphatic hydroxyl groups is 1. The number of carbonyl (C=O) groups is 1. The van der Waals surface area contributed by atoms with Crippen LogP contribution in [0.15, 0.2) is 24.3 Å². The minimum Gasteiger partial charge on any atom is -0.545 e. The molecule has 0 saturated carbocycles. The number of carboxylic acids is 1. The van der Waals surface area contributed by atoms with Crippen molar-refractivity contribution in [3.05, 3.63) is 29.8 Å². The van der Waals surface area contributed by atoms with Crippen molar-refractivity contribution in [1.82, 2.24) is 0 Å². The summed E-state index contributed by atoms with van der Waals surface area (Å²) in [6, 6.07) is 6.02. The number of aromatic carboxylic acids is 1. The van der Waals surface area contributed by atoms with Gasteiger partial charge in [0, 0.05) is 0 Å². The number of hydrogen-bond acceptors (Lipinski definition) is 4. The van der Waals surface area contributed by atoms with E-state index in [4.69, 9.17) is 4.74 Å². The Bertz CT molecular complexity index is 455. The van der Waals surface area contributed by atoms with Gasteiger partial charge in [-0.1, -0.05) is 0 Å². The summed E-state index contributed by atoms with van der Waals surface area (Å²) in [6.07, 6.45) is -0.515. The number of hydrogen-bond donors (Lipinski definition) is 3. The predicted octanol–water partition coefficient (Wildman–Crippen LogP) is -3.80. The second-order valence-electron chi connectivity index (χ2n) is 5.69. The fourth-order valence-electron chi connectivity index (χ4n) is 2.51. The van der Waals surface area contributed by atoms with Crippen LogP contribution in [0.1, 0.15) is 10.4 Å². The monoisotopic (exact) mass is 295 g/mol. The fourth-order valence-corrected chi connectivity index (χ4v) is 2.51. The van der Waals surface area contributed by atoms with Crippen molar-refractivity contribution >= 4 is 5.97 Å². The number of carboxylic acid groups (broad SMARTS) is 1. The van der Waals surface area contributed by atoms with Crippen LogP contribution < -0.4 is 19.6 Å². The molecule has 1 saturated heterocycles. The molecule has 6 nitrogen and oxygen atoms in total. The van der Waals surface area contributed by atoms with Crippen molar-refractivity contribution in [1.29, 1.82) is 0 Å². The first kappa shape index (κ1) is 15.8. The summed E-state index contributed by atoms with van der Waals surface area (Å²) in [5.41, 5.74) is 0.118. The van der Waals surface area contributed by atoms with Crippen LogP contribution in [0.3, 0.4) is 0 Å². The van der Waals surface area contributed by atoms with Crippen LogP contribution in [0.5, 0.6) is 5.75 Å². The first-order chi connectivity index (χ1) is 10.0. The van der Waals surface area contributed by atoms with Gasteiger partial charge in [-0.2, -0.15) is 0 Å². The molecule has 21 heavy (non-hydrogen) atoms. The largest absolute Gasteiger partial charge is 0.545 e. The standard InChI is InChI=1S/C15H22N2O4/c1-16-6-8-17(9-7-16)10-13(18)11-21-14-4-2-12(3-5-14)15(19)20/h2-5,13,18H,6-11H2,1H3,(H,19,20)/p+1/t13-/m0/s1. The Balaban J connectivity index is 1.73. The molecule has 3 N–H and O–H groups in total. The zero-order chi connectivity index (χ0) is 15.2. The molecule has 1 fully saturated rings. The summed E-state index contributed by atoms with van der Waals surface area (Å²) in [4.78, 5) is 13.6. The van der Waals surface area contributed by atoms with Crippen LogP contribution in [-0.2, 0) is 0 Å². The number of carbonyl (C=O) groups excluding carboxylic acids is 1. The highest BCUT2D eigenvalue weighted by Crippen LogP contribution is 2.11. The molecule has 0 aliphatic carbocycles. The fraction of sp³-hybridized carbons (Fsp3) is 0.533. The zero-order valence-electron chi connectivity index (χ0n) is 12.3. The van der Waals surface area contributed by atoms with E-state index in [1.165, 1.54) is 21.9 Å². The number of benzene rings is 1. The Morgan fingerprint density at radius 3 is 2.48 bits per heavy atom. The predicted molar refractivity (Wildman–Crippen MR) is 74.5 cm³/mol. The van der Waals surface area contributed by atoms with Crippen LogP contribution in [0.2, 0.25) is 0 Å². The quantitative estimate of drug-likeness (QED) is 0.503. The lowest BCUT2D eigenvalue weighted by atomic mass is 10.2. The van der Waals surface area contributed by atoms with E-state index in [-0.39, 0.29) is 12.2 Å².